The fourth-order valence-corrected chi connectivity index (χ4v) is 3.04. The van der Waals surface area contributed by atoms with Gasteiger partial charge in [0, 0.05) is 12.6 Å². The number of aromatic amines is 1. The first-order valence-electron chi connectivity index (χ1n) is 8.59. The van der Waals surface area contributed by atoms with Gasteiger partial charge in [-0.25, -0.2) is 4.79 Å². The molecule has 2 rings (SSSR count). The number of carboxylic acid groups (broad SMARTS) is 1. The molecule has 4 N–H and O–H groups in total. The molecule has 1 aromatic carbocycles. The van der Waals surface area contributed by atoms with Gasteiger partial charge in [0.25, 0.3) is 5.91 Å². The number of nitrogens with one attached hydrogen (secondary N) is 3. The van der Waals surface area contributed by atoms with Gasteiger partial charge < -0.3 is 20.7 Å². The second-order valence-corrected chi connectivity index (χ2v) is 6.90. The molecule has 0 saturated carbocycles. The second kappa shape index (κ2) is 10.6. The lowest BCUT2D eigenvalue weighted by atomic mass is 10.1. The predicted octanol–water partition coefficient (Wildman–Crippen LogP) is 1.97. The first-order valence-corrected chi connectivity index (χ1v) is 9.63. The summed E-state index contributed by atoms with van der Waals surface area (Å²) in [6.07, 6.45) is 1.97. The van der Waals surface area contributed by atoms with Gasteiger partial charge in [0.05, 0.1) is 5.56 Å². The maximum atomic E-state index is 12.6. The smallest absolute Gasteiger partial charge is 0.326 e. The van der Waals surface area contributed by atoms with Gasteiger partial charge in [-0.05, 0) is 29.9 Å². The van der Waals surface area contributed by atoms with Gasteiger partial charge in [0.2, 0.25) is 5.91 Å². The molecular formula is C19H21N3O4S2. The first-order chi connectivity index (χ1) is 13.4. The number of H-pyrrole nitrogens is 1. The minimum absolute atomic E-state index is 0.132. The van der Waals surface area contributed by atoms with E-state index in [0.29, 0.717) is 5.75 Å². The summed E-state index contributed by atoms with van der Waals surface area (Å²) in [7, 11) is 0. The SMILES string of the molecule is O=C(NC(CCS)C(=O)N[C@H](Cc1ccccc1)C(=O)O)c1ccc[nH]c1=S. The topological polar surface area (TPSA) is 111 Å². The number of carbonyl (C=O) groups is 3. The number of aromatic nitrogens is 1. The van der Waals surface area contributed by atoms with Crippen molar-refractivity contribution in [2.45, 2.75) is 24.9 Å². The summed E-state index contributed by atoms with van der Waals surface area (Å²) in [5, 5.41) is 14.6. The molecule has 0 fully saturated rings. The second-order valence-electron chi connectivity index (χ2n) is 6.04. The molecule has 2 amide bonds. The van der Waals surface area contributed by atoms with Crippen molar-refractivity contribution in [1.82, 2.24) is 15.6 Å². The molecule has 28 heavy (non-hydrogen) atoms. The van der Waals surface area contributed by atoms with Crippen molar-refractivity contribution in [3.8, 4) is 0 Å². The third-order valence-electron chi connectivity index (χ3n) is 4.00. The van der Waals surface area contributed by atoms with E-state index in [1.165, 1.54) is 0 Å². The molecule has 0 aliphatic rings. The Labute approximate surface area is 173 Å². The van der Waals surface area contributed by atoms with Gasteiger partial charge in [0.15, 0.2) is 0 Å². The van der Waals surface area contributed by atoms with E-state index in [2.05, 4.69) is 28.2 Å². The van der Waals surface area contributed by atoms with Crippen molar-refractivity contribution in [3.05, 3.63) is 64.4 Å². The highest BCUT2D eigenvalue weighted by Gasteiger charge is 2.26. The average Bonchev–Trinajstić information content (AvgIpc) is 2.68. The number of pyridine rings is 1. The molecule has 0 spiro atoms. The number of thiol groups is 1. The summed E-state index contributed by atoms with van der Waals surface area (Å²) < 4.78 is 0.248. The van der Waals surface area contributed by atoms with Crippen LogP contribution in [0, 0.1) is 4.64 Å². The number of carbonyl (C=O) groups excluding carboxylic acids is 2. The molecule has 0 aliphatic carbocycles. The number of hydrogen-bond acceptors (Lipinski definition) is 5. The van der Waals surface area contributed by atoms with Crippen molar-refractivity contribution in [2.75, 3.05) is 5.75 Å². The van der Waals surface area contributed by atoms with Gasteiger partial charge in [-0.3, -0.25) is 9.59 Å². The number of rotatable bonds is 9. The monoisotopic (exact) mass is 419 g/mol. The Morgan fingerprint density at radius 1 is 1.07 bits per heavy atom. The zero-order valence-electron chi connectivity index (χ0n) is 14.9. The van der Waals surface area contributed by atoms with Gasteiger partial charge >= 0.3 is 5.97 Å². The largest absolute Gasteiger partial charge is 0.480 e. The molecule has 148 valence electrons. The van der Waals surface area contributed by atoms with Crippen LogP contribution >= 0.6 is 24.8 Å². The summed E-state index contributed by atoms with van der Waals surface area (Å²) in [6.45, 7) is 0. The molecule has 2 aromatic rings. The lowest BCUT2D eigenvalue weighted by Gasteiger charge is -2.21. The normalized spacial score (nSPS) is 12.6. The molecule has 7 nitrogen and oxygen atoms in total. The van der Waals surface area contributed by atoms with Gasteiger partial charge in [-0.15, -0.1) is 0 Å². The summed E-state index contributed by atoms with van der Waals surface area (Å²) in [6, 6.07) is 10.1. The Balaban J connectivity index is 2.09. The summed E-state index contributed by atoms with van der Waals surface area (Å²) in [4.78, 5) is 39.4. The van der Waals surface area contributed by atoms with E-state index in [-0.39, 0.29) is 23.0 Å². The number of hydrogen-bond donors (Lipinski definition) is 5. The number of benzene rings is 1. The van der Waals surface area contributed by atoms with E-state index in [1.807, 2.05) is 6.07 Å². The molecule has 1 aromatic heterocycles. The van der Waals surface area contributed by atoms with Crippen LogP contribution in [-0.4, -0.2) is 45.7 Å². The van der Waals surface area contributed by atoms with Crippen LogP contribution in [0.2, 0.25) is 0 Å². The Kier molecular flexibility index (Phi) is 8.21. The molecule has 0 aliphatic heterocycles. The van der Waals surface area contributed by atoms with Crippen LogP contribution in [0.1, 0.15) is 22.3 Å². The maximum Gasteiger partial charge on any atom is 0.326 e. The van der Waals surface area contributed by atoms with E-state index in [0.717, 1.165) is 5.56 Å². The van der Waals surface area contributed by atoms with Crippen molar-refractivity contribution >= 4 is 42.6 Å². The van der Waals surface area contributed by atoms with Gasteiger partial charge in [-0.2, -0.15) is 12.6 Å². The fraction of sp³-hybridized carbons (Fsp3) is 0.263. The third-order valence-corrected chi connectivity index (χ3v) is 4.60. The number of amides is 2. The van der Waals surface area contributed by atoms with Gasteiger partial charge in [-0.1, -0.05) is 42.5 Å². The van der Waals surface area contributed by atoms with E-state index >= 15 is 0 Å². The van der Waals surface area contributed by atoms with E-state index in [9.17, 15) is 19.5 Å². The minimum Gasteiger partial charge on any atom is -0.480 e. The fourth-order valence-electron chi connectivity index (χ4n) is 2.56. The highest BCUT2D eigenvalue weighted by atomic mass is 32.1. The highest BCUT2D eigenvalue weighted by Crippen LogP contribution is 2.06. The van der Waals surface area contributed by atoms with Crippen molar-refractivity contribution in [3.63, 3.8) is 0 Å². The van der Waals surface area contributed by atoms with Crippen molar-refractivity contribution in [1.29, 1.82) is 0 Å². The van der Waals surface area contributed by atoms with E-state index in [4.69, 9.17) is 12.2 Å². The predicted molar refractivity (Wildman–Crippen MR) is 111 cm³/mol. The molecule has 9 heteroatoms. The van der Waals surface area contributed by atoms with Crippen LogP contribution in [0.5, 0.6) is 0 Å². The van der Waals surface area contributed by atoms with Crippen molar-refractivity contribution in [2.24, 2.45) is 0 Å². The highest BCUT2D eigenvalue weighted by molar-refractivity contribution is 7.80. The molecule has 1 unspecified atom stereocenters. The van der Waals surface area contributed by atoms with E-state index in [1.54, 1.807) is 42.6 Å². The Bertz CT molecular complexity index is 886. The standard InChI is InChI=1S/C19H21N3O4S2/c23-16(13-7-4-9-20-18(13)28)21-14(8-10-27)17(24)22-15(19(25)26)11-12-5-2-1-3-6-12/h1-7,9,14-15,27H,8,10-11H2,(H,20,28)(H,21,23)(H,22,24)(H,25,26)/t14?,15-/m1/s1. The lowest BCUT2D eigenvalue weighted by molar-refractivity contribution is -0.142. The summed E-state index contributed by atoms with van der Waals surface area (Å²) >= 11 is 9.20. The van der Waals surface area contributed by atoms with Gasteiger partial charge in [0.1, 0.15) is 16.7 Å². The Hall–Kier alpha value is -2.65. The Morgan fingerprint density at radius 3 is 2.39 bits per heavy atom. The maximum absolute atomic E-state index is 12.6. The lowest BCUT2D eigenvalue weighted by Crippen LogP contribution is -2.52. The summed E-state index contributed by atoms with van der Waals surface area (Å²) in [5.74, 6) is -1.93. The number of aliphatic carboxylic acids is 1. The molecule has 0 radical (unpaired) electrons. The third kappa shape index (κ3) is 6.21. The average molecular weight is 420 g/mol. The van der Waals surface area contributed by atoms with Crippen LogP contribution in [0.25, 0.3) is 0 Å². The van der Waals surface area contributed by atoms with Crippen LogP contribution in [0.15, 0.2) is 48.7 Å². The first kappa shape index (κ1) is 21.6. The van der Waals surface area contributed by atoms with Crippen LogP contribution in [0.4, 0.5) is 0 Å². The van der Waals surface area contributed by atoms with Crippen molar-refractivity contribution < 1.29 is 19.5 Å². The molecule has 1 heterocycles. The quantitative estimate of drug-likeness (QED) is 0.315. The molecule has 0 bridgehead atoms. The van der Waals surface area contributed by atoms with Crippen LogP contribution in [-0.2, 0) is 16.0 Å². The minimum atomic E-state index is -1.15. The van der Waals surface area contributed by atoms with E-state index < -0.39 is 29.9 Å². The molecule has 2 atom stereocenters. The number of carboxylic acids is 1. The Morgan fingerprint density at radius 2 is 1.79 bits per heavy atom. The van der Waals surface area contributed by atoms with Crippen LogP contribution in [0.3, 0.4) is 0 Å². The zero-order chi connectivity index (χ0) is 20.5. The van der Waals surface area contributed by atoms with Crippen LogP contribution < -0.4 is 10.6 Å². The molecule has 0 saturated heterocycles. The zero-order valence-corrected chi connectivity index (χ0v) is 16.6. The summed E-state index contributed by atoms with van der Waals surface area (Å²) in [5.41, 5.74) is 1.01. The molecular weight excluding hydrogens is 398 g/mol.